The molecule has 0 unspecified atom stereocenters. The molecule has 28 heavy (non-hydrogen) atoms. The van der Waals surface area contributed by atoms with Crippen LogP contribution in [0.15, 0.2) is 36.4 Å². The van der Waals surface area contributed by atoms with E-state index in [1.165, 1.54) is 12.1 Å². The Labute approximate surface area is 179 Å². The first-order valence-electron chi connectivity index (χ1n) is 8.17. The molecule has 0 heterocycles. The number of aryl methyl sites for hydroxylation is 1. The summed E-state index contributed by atoms with van der Waals surface area (Å²) in [6.45, 7) is 1.91. The lowest BCUT2D eigenvalue weighted by atomic mass is 10.2. The molecule has 2 aromatic carbocycles. The predicted octanol–water partition coefficient (Wildman–Crippen LogP) is 3.92. The molecular formula is C18H19Cl3N2O4S. The van der Waals surface area contributed by atoms with Gasteiger partial charge in [0.15, 0.2) is 0 Å². The molecule has 0 aliphatic heterocycles. The van der Waals surface area contributed by atoms with Crippen molar-refractivity contribution in [2.24, 2.45) is 0 Å². The molecule has 6 nitrogen and oxygen atoms in total. The third-order valence-corrected chi connectivity index (χ3v) is 5.87. The van der Waals surface area contributed by atoms with Gasteiger partial charge in [-0.15, -0.1) is 0 Å². The first kappa shape index (κ1) is 22.6. The average molecular weight is 466 g/mol. The van der Waals surface area contributed by atoms with Crippen LogP contribution in [0.4, 0.5) is 5.69 Å². The topological polar surface area (TPSA) is 75.7 Å². The summed E-state index contributed by atoms with van der Waals surface area (Å²) in [5.74, 6) is 0.207. The summed E-state index contributed by atoms with van der Waals surface area (Å²) >= 11 is 17.9. The zero-order chi connectivity index (χ0) is 20.9. The lowest BCUT2D eigenvalue weighted by molar-refractivity contribution is -0.119. The van der Waals surface area contributed by atoms with Crippen LogP contribution in [-0.4, -0.2) is 40.3 Å². The molecule has 0 saturated heterocycles. The molecule has 0 bridgehead atoms. The van der Waals surface area contributed by atoms with Crippen LogP contribution < -0.4 is 14.4 Å². The lowest BCUT2D eigenvalue weighted by Gasteiger charge is -2.23. The number of rotatable bonds is 8. The largest absolute Gasteiger partial charge is 0.491 e. The Morgan fingerprint density at radius 2 is 1.75 bits per heavy atom. The normalized spacial score (nSPS) is 11.2. The Balaban J connectivity index is 2.00. The fourth-order valence-corrected chi connectivity index (χ4v) is 3.89. The van der Waals surface area contributed by atoms with E-state index >= 15 is 0 Å². The van der Waals surface area contributed by atoms with Crippen molar-refractivity contribution in [3.05, 3.63) is 57.0 Å². The second-order valence-electron chi connectivity index (χ2n) is 5.95. The number of amides is 1. The molecule has 2 aromatic rings. The van der Waals surface area contributed by atoms with Crippen molar-refractivity contribution in [2.45, 2.75) is 6.92 Å². The number of halogens is 3. The van der Waals surface area contributed by atoms with Crippen LogP contribution in [0, 0.1) is 6.92 Å². The second-order valence-corrected chi connectivity index (χ2v) is 9.08. The van der Waals surface area contributed by atoms with E-state index in [2.05, 4.69) is 5.32 Å². The SMILES string of the molecule is Cc1ccccc1OCCNC(=O)CN(c1cc(Cl)c(Cl)cc1Cl)S(C)(=O)=O. The van der Waals surface area contributed by atoms with Gasteiger partial charge in [-0.25, -0.2) is 8.42 Å². The van der Waals surface area contributed by atoms with E-state index in [0.29, 0.717) is 0 Å². The molecule has 0 aliphatic carbocycles. The minimum atomic E-state index is -3.79. The third kappa shape index (κ3) is 6.17. The molecule has 0 radical (unpaired) electrons. The first-order chi connectivity index (χ1) is 13.1. The molecule has 2 rings (SSSR count). The minimum Gasteiger partial charge on any atom is -0.491 e. The summed E-state index contributed by atoms with van der Waals surface area (Å²) < 4.78 is 30.8. The van der Waals surface area contributed by atoms with Gasteiger partial charge in [0.05, 0.1) is 33.6 Å². The number of para-hydroxylation sites is 1. The minimum absolute atomic E-state index is 0.0653. The van der Waals surface area contributed by atoms with Crippen LogP contribution >= 0.6 is 34.8 Å². The van der Waals surface area contributed by atoms with E-state index in [9.17, 15) is 13.2 Å². The van der Waals surface area contributed by atoms with Crippen LogP contribution in [0.2, 0.25) is 15.1 Å². The lowest BCUT2D eigenvalue weighted by Crippen LogP contribution is -2.41. The van der Waals surface area contributed by atoms with Gasteiger partial charge in [0.25, 0.3) is 0 Å². The summed E-state index contributed by atoms with van der Waals surface area (Å²) in [6.07, 6.45) is 0.973. The number of ether oxygens (including phenoxy) is 1. The Kier molecular flexibility index (Phi) is 7.83. The molecule has 152 valence electrons. The van der Waals surface area contributed by atoms with E-state index in [0.717, 1.165) is 21.9 Å². The highest BCUT2D eigenvalue weighted by Gasteiger charge is 2.24. The number of nitrogens with zero attached hydrogens (tertiary/aromatic N) is 1. The summed E-state index contributed by atoms with van der Waals surface area (Å²) in [5.41, 5.74) is 1.05. The second kappa shape index (κ2) is 9.69. The maximum atomic E-state index is 12.2. The fourth-order valence-electron chi connectivity index (χ4n) is 2.34. The highest BCUT2D eigenvalue weighted by molar-refractivity contribution is 7.92. The van der Waals surface area contributed by atoms with Crippen LogP contribution in [0.5, 0.6) is 5.75 Å². The molecule has 10 heteroatoms. The van der Waals surface area contributed by atoms with Crippen LogP contribution in [-0.2, 0) is 14.8 Å². The first-order valence-corrected chi connectivity index (χ1v) is 11.1. The van der Waals surface area contributed by atoms with Gasteiger partial charge in [-0.2, -0.15) is 0 Å². The quantitative estimate of drug-likeness (QED) is 0.474. The Morgan fingerprint density at radius 3 is 2.39 bits per heavy atom. The van der Waals surface area contributed by atoms with Crippen LogP contribution in [0.1, 0.15) is 5.56 Å². The molecule has 0 aliphatic rings. The monoisotopic (exact) mass is 464 g/mol. The molecule has 0 spiro atoms. The van der Waals surface area contributed by atoms with E-state index in [1.807, 2.05) is 31.2 Å². The van der Waals surface area contributed by atoms with E-state index < -0.39 is 22.5 Å². The Morgan fingerprint density at radius 1 is 1.11 bits per heavy atom. The smallest absolute Gasteiger partial charge is 0.240 e. The van der Waals surface area contributed by atoms with Crippen LogP contribution in [0.3, 0.4) is 0 Å². The number of carbonyl (C=O) groups excluding carboxylic acids is 1. The summed E-state index contributed by atoms with van der Waals surface area (Å²) in [5, 5.41) is 2.99. The van der Waals surface area contributed by atoms with Gasteiger partial charge in [-0.3, -0.25) is 9.10 Å². The summed E-state index contributed by atoms with van der Waals surface area (Å²) in [6, 6.07) is 10.1. The Bertz CT molecular complexity index is 967. The third-order valence-electron chi connectivity index (χ3n) is 3.72. The van der Waals surface area contributed by atoms with E-state index in [4.69, 9.17) is 39.5 Å². The van der Waals surface area contributed by atoms with Gasteiger partial charge in [0.2, 0.25) is 15.9 Å². The molecule has 0 fully saturated rings. The number of carbonyl (C=O) groups is 1. The zero-order valence-corrected chi connectivity index (χ0v) is 18.3. The van der Waals surface area contributed by atoms with Gasteiger partial charge >= 0.3 is 0 Å². The summed E-state index contributed by atoms with van der Waals surface area (Å²) in [7, 11) is -3.79. The van der Waals surface area contributed by atoms with Crippen molar-refractivity contribution in [1.29, 1.82) is 0 Å². The fraction of sp³-hybridized carbons (Fsp3) is 0.278. The number of hydrogen-bond donors (Lipinski definition) is 1. The van der Waals surface area contributed by atoms with Crippen molar-refractivity contribution in [1.82, 2.24) is 5.32 Å². The van der Waals surface area contributed by atoms with Crippen molar-refractivity contribution >= 4 is 56.4 Å². The van der Waals surface area contributed by atoms with Gasteiger partial charge in [-0.1, -0.05) is 53.0 Å². The highest BCUT2D eigenvalue weighted by Crippen LogP contribution is 2.35. The number of benzene rings is 2. The maximum Gasteiger partial charge on any atom is 0.240 e. The zero-order valence-electron chi connectivity index (χ0n) is 15.2. The van der Waals surface area contributed by atoms with Gasteiger partial charge < -0.3 is 10.1 Å². The number of nitrogens with one attached hydrogen (secondary N) is 1. The number of hydrogen-bond acceptors (Lipinski definition) is 4. The molecular weight excluding hydrogens is 447 g/mol. The average Bonchev–Trinajstić information content (AvgIpc) is 2.60. The van der Waals surface area contributed by atoms with Gasteiger partial charge in [0.1, 0.15) is 18.9 Å². The Hall–Kier alpha value is -1.67. The van der Waals surface area contributed by atoms with Crippen molar-refractivity contribution in [3.8, 4) is 5.75 Å². The molecule has 1 amide bonds. The number of sulfonamides is 1. The molecule has 0 saturated carbocycles. The predicted molar refractivity (Wildman–Crippen MR) is 113 cm³/mol. The summed E-state index contributed by atoms with van der Waals surface area (Å²) in [4.78, 5) is 12.2. The maximum absolute atomic E-state index is 12.2. The molecule has 0 atom stereocenters. The molecule has 1 N–H and O–H groups in total. The van der Waals surface area contributed by atoms with Crippen molar-refractivity contribution in [3.63, 3.8) is 0 Å². The highest BCUT2D eigenvalue weighted by atomic mass is 35.5. The van der Waals surface area contributed by atoms with E-state index in [1.54, 1.807) is 0 Å². The van der Waals surface area contributed by atoms with Crippen molar-refractivity contribution < 1.29 is 17.9 Å². The van der Waals surface area contributed by atoms with Gasteiger partial charge in [0, 0.05) is 0 Å². The van der Waals surface area contributed by atoms with Gasteiger partial charge in [-0.05, 0) is 30.7 Å². The standard InChI is InChI=1S/C18H19Cl3N2O4S/c1-12-5-3-4-6-17(12)27-8-7-22-18(24)11-23(28(2,25)26)16-10-14(20)13(19)9-15(16)21/h3-6,9-10H,7-8,11H2,1-2H3,(H,22,24). The number of anilines is 1. The van der Waals surface area contributed by atoms with Crippen molar-refractivity contribution in [2.75, 3.05) is 30.3 Å². The molecule has 0 aromatic heterocycles. The van der Waals surface area contributed by atoms with Crippen LogP contribution in [0.25, 0.3) is 0 Å². The van der Waals surface area contributed by atoms with E-state index in [-0.39, 0.29) is 33.9 Å².